The van der Waals surface area contributed by atoms with Gasteiger partial charge in [-0.25, -0.2) is 0 Å². The van der Waals surface area contributed by atoms with Gasteiger partial charge in [0.2, 0.25) is 5.89 Å². The van der Waals surface area contributed by atoms with Gasteiger partial charge in [0.1, 0.15) is 6.04 Å². The van der Waals surface area contributed by atoms with Gasteiger partial charge in [0.05, 0.1) is 26.9 Å². The number of ether oxygens (including phenoxy) is 2. The van der Waals surface area contributed by atoms with Gasteiger partial charge in [-0.1, -0.05) is 12.1 Å². The first kappa shape index (κ1) is 14.0. The van der Waals surface area contributed by atoms with Gasteiger partial charge in [0, 0.05) is 13.0 Å². The first-order valence-electron chi connectivity index (χ1n) is 6.45. The van der Waals surface area contributed by atoms with Crippen molar-refractivity contribution < 1.29 is 18.8 Å². The molecule has 19 heavy (non-hydrogen) atoms. The Morgan fingerprint density at radius 3 is 3.16 bits per heavy atom. The van der Waals surface area contributed by atoms with E-state index in [1.54, 1.807) is 0 Å². The van der Waals surface area contributed by atoms with Crippen LogP contribution in [0, 0.1) is 0 Å². The van der Waals surface area contributed by atoms with Crippen molar-refractivity contribution in [3.05, 3.63) is 11.7 Å². The number of carbonyl (C=O) groups excluding carboxylic acids is 1. The van der Waals surface area contributed by atoms with Gasteiger partial charge >= 0.3 is 5.97 Å². The molecule has 0 bridgehead atoms. The Labute approximate surface area is 111 Å². The number of morpholine rings is 1. The van der Waals surface area contributed by atoms with Crippen molar-refractivity contribution in [2.45, 2.75) is 32.4 Å². The van der Waals surface area contributed by atoms with Crippen molar-refractivity contribution in [2.24, 2.45) is 0 Å². The Morgan fingerprint density at radius 1 is 1.58 bits per heavy atom. The van der Waals surface area contributed by atoms with Crippen LogP contribution in [0.1, 0.15) is 25.1 Å². The Balaban J connectivity index is 2.00. The molecule has 7 nitrogen and oxygen atoms in total. The molecule has 1 aliphatic heterocycles. The van der Waals surface area contributed by atoms with Crippen LogP contribution in [0.4, 0.5) is 0 Å². The lowest BCUT2D eigenvalue weighted by Gasteiger charge is -2.32. The summed E-state index contributed by atoms with van der Waals surface area (Å²) in [6, 6.07) is -0.396. The molecule has 1 unspecified atom stereocenters. The Morgan fingerprint density at radius 2 is 2.42 bits per heavy atom. The average molecular weight is 269 g/mol. The second-order valence-electron chi connectivity index (χ2n) is 4.44. The molecule has 0 radical (unpaired) electrons. The third-order valence-corrected chi connectivity index (χ3v) is 3.03. The maximum atomic E-state index is 11.7. The number of aromatic nitrogens is 2. The molecule has 106 valence electrons. The van der Waals surface area contributed by atoms with E-state index in [-0.39, 0.29) is 5.97 Å². The van der Waals surface area contributed by atoms with Crippen molar-refractivity contribution in [1.82, 2.24) is 15.0 Å². The van der Waals surface area contributed by atoms with Crippen LogP contribution in [0.15, 0.2) is 4.52 Å². The number of nitrogens with zero attached hydrogens (tertiary/aromatic N) is 3. The van der Waals surface area contributed by atoms with Crippen LogP contribution in [0.5, 0.6) is 0 Å². The molecule has 0 aliphatic carbocycles. The van der Waals surface area contributed by atoms with E-state index in [2.05, 4.69) is 17.1 Å². The molecule has 0 amide bonds. The molecule has 0 N–H and O–H groups in total. The van der Waals surface area contributed by atoms with Crippen LogP contribution >= 0.6 is 0 Å². The van der Waals surface area contributed by atoms with Crippen molar-refractivity contribution in [2.75, 3.05) is 26.9 Å². The van der Waals surface area contributed by atoms with Gasteiger partial charge in [-0.15, -0.1) is 0 Å². The standard InChI is InChI=1S/C12H19N3O4/c1-3-4-11-13-10(14-19-11)7-15-5-6-18-8-9(15)12(16)17-2/h9H,3-8H2,1-2H3. The fraction of sp³-hybridized carbons (Fsp3) is 0.750. The summed E-state index contributed by atoms with van der Waals surface area (Å²) in [6.07, 6.45) is 1.74. The Hall–Kier alpha value is -1.47. The molecular formula is C12H19N3O4. The minimum Gasteiger partial charge on any atom is -0.468 e. The second kappa shape index (κ2) is 6.63. The molecule has 1 saturated heterocycles. The highest BCUT2D eigenvalue weighted by molar-refractivity contribution is 5.75. The van der Waals surface area contributed by atoms with Crippen molar-refractivity contribution in [1.29, 1.82) is 0 Å². The van der Waals surface area contributed by atoms with Gasteiger partial charge in [-0.2, -0.15) is 4.98 Å². The number of hydrogen-bond donors (Lipinski definition) is 0. The predicted molar refractivity (Wildman–Crippen MR) is 65.3 cm³/mol. The maximum Gasteiger partial charge on any atom is 0.325 e. The van der Waals surface area contributed by atoms with Gasteiger partial charge in [0.25, 0.3) is 0 Å². The quantitative estimate of drug-likeness (QED) is 0.716. The molecule has 1 aromatic heterocycles. The smallest absolute Gasteiger partial charge is 0.325 e. The highest BCUT2D eigenvalue weighted by Crippen LogP contribution is 2.12. The lowest BCUT2D eigenvalue weighted by molar-refractivity contribution is -0.153. The summed E-state index contributed by atoms with van der Waals surface area (Å²) in [7, 11) is 1.38. The molecule has 1 atom stereocenters. The Kier molecular flexibility index (Phi) is 4.86. The summed E-state index contributed by atoms with van der Waals surface area (Å²) in [5, 5.41) is 3.93. The lowest BCUT2D eigenvalue weighted by Crippen LogP contribution is -2.49. The topological polar surface area (TPSA) is 77.7 Å². The molecule has 1 aliphatic rings. The fourth-order valence-corrected chi connectivity index (χ4v) is 2.03. The lowest BCUT2D eigenvalue weighted by atomic mass is 10.2. The first-order chi connectivity index (χ1) is 9.24. The van der Waals surface area contributed by atoms with Gasteiger partial charge in [0.15, 0.2) is 5.82 Å². The van der Waals surface area contributed by atoms with Gasteiger partial charge in [-0.05, 0) is 6.42 Å². The zero-order valence-corrected chi connectivity index (χ0v) is 11.3. The van der Waals surface area contributed by atoms with Gasteiger partial charge in [-0.3, -0.25) is 9.69 Å². The van der Waals surface area contributed by atoms with Crippen LogP contribution in [0.25, 0.3) is 0 Å². The summed E-state index contributed by atoms with van der Waals surface area (Å²) in [5.74, 6) is 0.941. The molecule has 1 fully saturated rings. The molecule has 7 heteroatoms. The maximum absolute atomic E-state index is 11.7. The summed E-state index contributed by atoms with van der Waals surface area (Å²) < 4.78 is 15.2. The minimum atomic E-state index is -0.396. The molecule has 2 rings (SSSR count). The number of aryl methyl sites for hydroxylation is 1. The van der Waals surface area contributed by atoms with Crippen LogP contribution in [0.3, 0.4) is 0 Å². The number of carbonyl (C=O) groups is 1. The van der Waals surface area contributed by atoms with Gasteiger partial charge < -0.3 is 14.0 Å². The van der Waals surface area contributed by atoms with E-state index in [0.717, 1.165) is 12.8 Å². The first-order valence-corrected chi connectivity index (χ1v) is 6.45. The number of methoxy groups -OCH3 is 1. The highest BCUT2D eigenvalue weighted by atomic mass is 16.5. The highest BCUT2D eigenvalue weighted by Gasteiger charge is 2.31. The summed E-state index contributed by atoms with van der Waals surface area (Å²) in [5.41, 5.74) is 0. The second-order valence-corrected chi connectivity index (χ2v) is 4.44. The van der Waals surface area contributed by atoms with E-state index in [9.17, 15) is 4.79 Å². The normalized spacial score (nSPS) is 20.4. The molecule has 1 aromatic rings. The van der Waals surface area contributed by atoms with E-state index in [4.69, 9.17) is 14.0 Å². The third kappa shape index (κ3) is 3.51. The molecule has 0 aromatic carbocycles. The van der Waals surface area contributed by atoms with Crippen LogP contribution in [-0.2, 0) is 27.2 Å². The van der Waals surface area contributed by atoms with E-state index >= 15 is 0 Å². The zero-order valence-electron chi connectivity index (χ0n) is 11.3. The van der Waals surface area contributed by atoms with E-state index in [1.165, 1.54) is 7.11 Å². The summed E-state index contributed by atoms with van der Waals surface area (Å²) in [6.45, 7) is 4.10. The SMILES string of the molecule is CCCc1nc(CN2CCOCC2C(=O)OC)no1. The van der Waals surface area contributed by atoms with E-state index in [0.29, 0.717) is 38.0 Å². The van der Waals surface area contributed by atoms with Crippen molar-refractivity contribution in [3.8, 4) is 0 Å². The van der Waals surface area contributed by atoms with Crippen molar-refractivity contribution in [3.63, 3.8) is 0 Å². The average Bonchev–Trinajstić information content (AvgIpc) is 2.86. The minimum absolute atomic E-state index is 0.294. The number of esters is 1. The number of hydrogen-bond acceptors (Lipinski definition) is 7. The summed E-state index contributed by atoms with van der Waals surface area (Å²) >= 11 is 0. The van der Waals surface area contributed by atoms with E-state index < -0.39 is 6.04 Å². The monoisotopic (exact) mass is 269 g/mol. The molecule has 0 spiro atoms. The number of rotatable bonds is 5. The van der Waals surface area contributed by atoms with Crippen LogP contribution in [-0.4, -0.2) is 53.9 Å². The molecular weight excluding hydrogens is 250 g/mol. The van der Waals surface area contributed by atoms with Crippen molar-refractivity contribution >= 4 is 5.97 Å². The van der Waals surface area contributed by atoms with E-state index in [1.807, 2.05) is 4.90 Å². The van der Waals surface area contributed by atoms with Crippen LogP contribution < -0.4 is 0 Å². The predicted octanol–water partition coefficient (Wildman–Crippen LogP) is 0.396. The molecule has 0 saturated carbocycles. The molecule has 2 heterocycles. The zero-order chi connectivity index (χ0) is 13.7. The summed E-state index contributed by atoms with van der Waals surface area (Å²) in [4.78, 5) is 17.9. The largest absolute Gasteiger partial charge is 0.468 e. The Bertz CT molecular complexity index is 421. The fourth-order valence-electron chi connectivity index (χ4n) is 2.03. The van der Waals surface area contributed by atoms with Crippen LogP contribution in [0.2, 0.25) is 0 Å². The third-order valence-electron chi connectivity index (χ3n) is 3.03.